The van der Waals surface area contributed by atoms with Gasteiger partial charge in [-0.25, -0.2) is 4.79 Å². The summed E-state index contributed by atoms with van der Waals surface area (Å²) in [5.74, 6) is 0.900. The molecule has 2 aromatic rings. The third-order valence-electron chi connectivity index (χ3n) is 4.46. The Hall–Kier alpha value is -2.25. The van der Waals surface area contributed by atoms with E-state index in [9.17, 15) is 9.59 Å². The Balaban J connectivity index is 1.45. The van der Waals surface area contributed by atoms with Gasteiger partial charge in [0.2, 0.25) is 0 Å². The van der Waals surface area contributed by atoms with E-state index in [-0.39, 0.29) is 12.5 Å². The highest BCUT2D eigenvalue weighted by Crippen LogP contribution is 2.26. The number of esters is 1. The minimum atomic E-state index is -0.476. The topological polar surface area (TPSA) is 67.8 Å². The number of amides is 1. The first kappa shape index (κ1) is 21.5. The third kappa shape index (κ3) is 6.65. The minimum Gasteiger partial charge on any atom is -0.452 e. The van der Waals surface area contributed by atoms with E-state index in [2.05, 4.69) is 10.3 Å². The highest BCUT2D eigenvalue weighted by atomic mass is 32.2. The van der Waals surface area contributed by atoms with Crippen molar-refractivity contribution in [3.8, 4) is 0 Å². The lowest BCUT2D eigenvalue weighted by Crippen LogP contribution is -2.30. The maximum Gasteiger partial charge on any atom is 0.338 e. The van der Waals surface area contributed by atoms with E-state index in [1.807, 2.05) is 43.3 Å². The van der Waals surface area contributed by atoms with Crippen molar-refractivity contribution in [2.75, 3.05) is 25.4 Å². The van der Waals surface area contributed by atoms with E-state index in [0.29, 0.717) is 17.9 Å². The van der Waals surface area contributed by atoms with E-state index < -0.39 is 5.97 Å². The lowest BCUT2D eigenvalue weighted by atomic mass is 10.1. The molecule has 29 heavy (non-hydrogen) atoms. The molecule has 5 nitrogen and oxygen atoms in total. The summed E-state index contributed by atoms with van der Waals surface area (Å²) in [6, 6.07) is 15.4. The van der Waals surface area contributed by atoms with Crippen molar-refractivity contribution >= 4 is 39.8 Å². The van der Waals surface area contributed by atoms with Gasteiger partial charge in [0.1, 0.15) is 4.38 Å². The number of nitrogens with one attached hydrogen (secondary N) is 1. The van der Waals surface area contributed by atoms with Crippen LogP contribution >= 0.6 is 23.5 Å². The van der Waals surface area contributed by atoms with Crippen molar-refractivity contribution in [2.45, 2.75) is 19.1 Å². The number of hydrogen-bond donors (Lipinski definition) is 1. The molecule has 1 aliphatic rings. The first-order valence-electron chi connectivity index (χ1n) is 9.50. The number of carbonyl (C=O) groups is 2. The number of hydrogen-bond acceptors (Lipinski definition) is 6. The number of rotatable bonds is 8. The Morgan fingerprint density at radius 2 is 1.90 bits per heavy atom. The van der Waals surface area contributed by atoms with Crippen LogP contribution in [0, 0.1) is 6.92 Å². The summed E-state index contributed by atoms with van der Waals surface area (Å²) >= 11 is 3.37. The van der Waals surface area contributed by atoms with Gasteiger partial charge in [0.25, 0.3) is 5.91 Å². The van der Waals surface area contributed by atoms with E-state index in [1.165, 1.54) is 11.1 Å². The molecule has 7 heteroatoms. The molecule has 1 amide bonds. The summed E-state index contributed by atoms with van der Waals surface area (Å²) in [6.45, 7) is 3.13. The molecule has 152 valence electrons. The average molecular weight is 429 g/mol. The van der Waals surface area contributed by atoms with E-state index >= 15 is 0 Å². The predicted octanol–water partition coefficient (Wildman–Crippen LogP) is 3.85. The molecule has 0 unspecified atom stereocenters. The molecule has 1 N–H and O–H groups in total. The van der Waals surface area contributed by atoms with Gasteiger partial charge in [-0.1, -0.05) is 66.0 Å². The minimum absolute atomic E-state index is 0.281. The predicted molar refractivity (Wildman–Crippen MR) is 121 cm³/mol. The van der Waals surface area contributed by atoms with Crippen molar-refractivity contribution < 1.29 is 14.3 Å². The van der Waals surface area contributed by atoms with Crippen LogP contribution in [-0.2, 0) is 21.7 Å². The van der Waals surface area contributed by atoms with Crippen LogP contribution in [0.2, 0.25) is 0 Å². The molecular weight excluding hydrogens is 404 g/mol. The van der Waals surface area contributed by atoms with Crippen molar-refractivity contribution in [3.63, 3.8) is 0 Å². The summed E-state index contributed by atoms with van der Waals surface area (Å²) in [6.07, 6.45) is 0.744. The molecule has 1 aliphatic heterocycles. The van der Waals surface area contributed by atoms with Gasteiger partial charge in [-0.2, -0.15) is 0 Å². The van der Waals surface area contributed by atoms with Gasteiger partial charge < -0.3 is 10.1 Å². The lowest BCUT2D eigenvalue weighted by Gasteiger charge is -2.10. The molecule has 0 aromatic heterocycles. The monoisotopic (exact) mass is 428 g/mol. The third-order valence-corrected chi connectivity index (χ3v) is 6.76. The molecule has 0 saturated heterocycles. The van der Waals surface area contributed by atoms with E-state index in [0.717, 1.165) is 28.7 Å². The highest BCUT2D eigenvalue weighted by Gasteiger charge is 2.16. The van der Waals surface area contributed by atoms with Gasteiger partial charge in [-0.05, 0) is 36.1 Å². The summed E-state index contributed by atoms with van der Waals surface area (Å²) in [4.78, 5) is 28.9. The zero-order valence-corrected chi connectivity index (χ0v) is 18.0. The second-order valence-corrected chi connectivity index (χ2v) is 8.85. The van der Waals surface area contributed by atoms with Crippen molar-refractivity contribution in [2.24, 2.45) is 4.99 Å². The van der Waals surface area contributed by atoms with Crippen molar-refractivity contribution in [1.82, 2.24) is 5.32 Å². The molecule has 0 aliphatic carbocycles. The van der Waals surface area contributed by atoms with Gasteiger partial charge in [0.15, 0.2) is 6.61 Å². The fraction of sp³-hybridized carbons (Fsp3) is 0.318. The van der Waals surface area contributed by atoms with Crippen molar-refractivity contribution in [3.05, 3.63) is 70.8 Å². The van der Waals surface area contributed by atoms with Crippen LogP contribution in [0.15, 0.2) is 53.5 Å². The fourth-order valence-corrected chi connectivity index (χ4v) is 4.89. The Morgan fingerprint density at radius 3 is 2.66 bits per heavy atom. The van der Waals surface area contributed by atoms with Crippen LogP contribution in [0.3, 0.4) is 0 Å². The van der Waals surface area contributed by atoms with Gasteiger partial charge >= 0.3 is 5.97 Å². The maximum absolute atomic E-state index is 12.5. The zero-order valence-electron chi connectivity index (χ0n) is 16.3. The standard InChI is InChI=1S/C22H24N2O3S2/c1-16-6-2-3-7-17(16)10-11-23-20(25)14-27-21(26)19-9-5-4-8-18(19)15-29-22-24-12-13-28-22/h2-9H,10-15H2,1H3,(H,23,25). The summed E-state index contributed by atoms with van der Waals surface area (Å²) < 4.78 is 6.29. The van der Waals surface area contributed by atoms with Crippen LogP contribution in [0.25, 0.3) is 0 Å². The highest BCUT2D eigenvalue weighted by molar-refractivity contribution is 8.38. The van der Waals surface area contributed by atoms with Crippen LogP contribution in [-0.4, -0.2) is 41.7 Å². The smallest absolute Gasteiger partial charge is 0.338 e. The Labute approximate surface area is 179 Å². The van der Waals surface area contributed by atoms with Crippen LogP contribution in [0.1, 0.15) is 27.0 Å². The number of ether oxygens (including phenoxy) is 1. The average Bonchev–Trinajstić information content (AvgIpc) is 3.26. The van der Waals surface area contributed by atoms with Gasteiger partial charge in [-0.3, -0.25) is 9.79 Å². The number of benzene rings is 2. The quantitative estimate of drug-likeness (QED) is 0.647. The molecule has 0 fully saturated rings. The van der Waals surface area contributed by atoms with Crippen LogP contribution in [0.5, 0.6) is 0 Å². The molecule has 0 radical (unpaired) electrons. The molecule has 1 heterocycles. The Bertz CT molecular complexity index is 899. The molecular formula is C22H24N2O3S2. The van der Waals surface area contributed by atoms with E-state index in [1.54, 1.807) is 35.7 Å². The number of aryl methyl sites for hydroxylation is 1. The van der Waals surface area contributed by atoms with Gasteiger partial charge in [0, 0.05) is 18.1 Å². The molecule has 3 rings (SSSR count). The normalized spacial score (nSPS) is 13.1. The zero-order chi connectivity index (χ0) is 20.5. The first-order chi connectivity index (χ1) is 14.1. The molecule has 2 aromatic carbocycles. The largest absolute Gasteiger partial charge is 0.452 e. The summed E-state index contributed by atoms with van der Waals surface area (Å²) in [5.41, 5.74) is 3.78. The SMILES string of the molecule is Cc1ccccc1CCNC(=O)COC(=O)c1ccccc1CSC1=NCCS1. The maximum atomic E-state index is 12.5. The molecule has 0 spiro atoms. The fourth-order valence-electron chi connectivity index (χ4n) is 2.87. The van der Waals surface area contributed by atoms with E-state index in [4.69, 9.17) is 4.74 Å². The molecule has 0 saturated carbocycles. The molecule has 0 bridgehead atoms. The Kier molecular flexibility index (Phi) is 8.19. The Morgan fingerprint density at radius 1 is 1.14 bits per heavy atom. The van der Waals surface area contributed by atoms with Gasteiger partial charge in [-0.15, -0.1) is 0 Å². The second-order valence-electron chi connectivity index (χ2n) is 6.54. The summed E-state index contributed by atoms with van der Waals surface area (Å²) in [7, 11) is 0. The lowest BCUT2D eigenvalue weighted by molar-refractivity contribution is -0.124. The number of carbonyl (C=O) groups excluding carboxylic acids is 2. The number of thioether (sulfide) groups is 2. The number of aliphatic imine (C=N–C) groups is 1. The first-order valence-corrected chi connectivity index (χ1v) is 11.5. The van der Waals surface area contributed by atoms with Crippen LogP contribution < -0.4 is 5.32 Å². The van der Waals surface area contributed by atoms with Crippen molar-refractivity contribution in [1.29, 1.82) is 0 Å². The van der Waals surface area contributed by atoms with Crippen LogP contribution in [0.4, 0.5) is 0 Å². The number of nitrogens with zero attached hydrogens (tertiary/aromatic N) is 1. The molecule has 0 atom stereocenters. The second kappa shape index (κ2) is 11.1. The summed E-state index contributed by atoms with van der Waals surface area (Å²) in [5, 5.41) is 2.80. The van der Waals surface area contributed by atoms with Gasteiger partial charge in [0.05, 0.1) is 12.1 Å².